The van der Waals surface area contributed by atoms with Gasteiger partial charge in [0.25, 0.3) is 0 Å². The number of rotatable bonds is 5. The molecule has 0 saturated carbocycles. The van der Waals surface area contributed by atoms with Gasteiger partial charge in [-0.25, -0.2) is 4.98 Å². The number of aromatic nitrogens is 3. The lowest BCUT2D eigenvalue weighted by Gasteiger charge is -2.34. The lowest BCUT2D eigenvalue weighted by atomic mass is 10.2. The van der Waals surface area contributed by atoms with E-state index in [0.29, 0.717) is 11.0 Å². The zero-order chi connectivity index (χ0) is 16.1. The van der Waals surface area contributed by atoms with Gasteiger partial charge in [-0.15, -0.1) is 5.10 Å². The molecule has 7 heteroatoms. The van der Waals surface area contributed by atoms with Gasteiger partial charge in [0.1, 0.15) is 0 Å². The molecule has 0 unspecified atom stereocenters. The fourth-order valence-electron chi connectivity index (χ4n) is 2.58. The van der Waals surface area contributed by atoms with E-state index in [9.17, 15) is 0 Å². The molecule has 2 heterocycles. The van der Waals surface area contributed by atoms with Gasteiger partial charge in [-0.3, -0.25) is 4.90 Å². The Kier molecular flexibility index (Phi) is 5.38. The van der Waals surface area contributed by atoms with E-state index in [1.54, 1.807) is 13.3 Å². The van der Waals surface area contributed by atoms with Crippen LogP contribution in [0.5, 0.6) is 0 Å². The third kappa shape index (κ3) is 4.16. The Morgan fingerprint density at radius 2 is 1.87 bits per heavy atom. The summed E-state index contributed by atoms with van der Waals surface area (Å²) in [5, 5.41) is 9.01. The molecule has 1 aliphatic heterocycles. The number of piperazine rings is 1. The highest BCUT2D eigenvalue weighted by Crippen LogP contribution is 2.20. The first-order valence-electron chi connectivity index (χ1n) is 7.68. The lowest BCUT2D eigenvalue weighted by molar-refractivity contribution is 0.143. The number of hydrogen-bond donors (Lipinski definition) is 0. The van der Waals surface area contributed by atoms with E-state index in [2.05, 4.69) is 25.0 Å². The Hall–Kier alpha value is -1.76. The maximum Gasteiger partial charge on any atom is 0.245 e. The zero-order valence-electron chi connectivity index (χ0n) is 13.2. The summed E-state index contributed by atoms with van der Waals surface area (Å²) in [6.07, 6.45) is 1.68. The Balaban J connectivity index is 1.67. The first-order valence-corrected chi connectivity index (χ1v) is 8.06. The van der Waals surface area contributed by atoms with Crippen LogP contribution in [0.1, 0.15) is 0 Å². The summed E-state index contributed by atoms with van der Waals surface area (Å²) in [7, 11) is 1.73. The minimum atomic E-state index is 0.684. The summed E-state index contributed by atoms with van der Waals surface area (Å²) in [6.45, 7) is 5.50. The number of methoxy groups -OCH3 is 1. The molecule has 0 N–H and O–H groups in total. The molecule has 1 aromatic carbocycles. The molecule has 3 rings (SSSR count). The van der Waals surface area contributed by atoms with Crippen LogP contribution in [0.15, 0.2) is 30.5 Å². The molecule has 0 amide bonds. The van der Waals surface area contributed by atoms with Crippen LogP contribution in [0.3, 0.4) is 0 Å². The molecule has 1 saturated heterocycles. The van der Waals surface area contributed by atoms with Crippen LogP contribution in [-0.4, -0.2) is 66.5 Å². The van der Waals surface area contributed by atoms with Crippen molar-refractivity contribution in [3.63, 3.8) is 0 Å². The fourth-order valence-corrected chi connectivity index (χ4v) is 2.71. The minimum absolute atomic E-state index is 0.684. The summed E-state index contributed by atoms with van der Waals surface area (Å²) < 4.78 is 5.13. The van der Waals surface area contributed by atoms with Gasteiger partial charge in [0.2, 0.25) is 5.95 Å². The van der Waals surface area contributed by atoms with Crippen LogP contribution in [0.25, 0.3) is 11.3 Å². The lowest BCUT2D eigenvalue weighted by Crippen LogP contribution is -2.47. The molecule has 122 valence electrons. The normalized spacial score (nSPS) is 15.8. The molecule has 0 aliphatic carbocycles. The molecule has 1 fully saturated rings. The van der Waals surface area contributed by atoms with Crippen molar-refractivity contribution in [3.8, 4) is 11.3 Å². The number of benzene rings is 1. The average Bonchev–Trinajstić information content (AvgIpc) is 2.61. The zero-order valence-corrected chi connectivity index (χ0v) is 13.9. The van der Waals surface area contributed by atoms with Crippen LogP contribution in [-0.2, 0) is 4.74 Å². The standard InChI is InChI=1S/C16H20ClN5O/c1-23-11-10-21-6-8-22(9-7-21)16-19-15(12-18-20-16)13-2-4-14(17)5-3-13/h2-5,12H,6-11H2,1H3. The number of hydrogen-bond acceptors (Lipinski definition) is 6. The highest BCUT2D eigenvalue weighted by molar-refractivity contribution is 6.30. The Labute approximate surface area is 141 Å². The van der Waals surface area contributed by atoms with Crippen molar-refractivity contribution < 1.29 is 4.74 Å². The third-order valence-corrected chi connectivity index (χ3v) is 4.21. The Morgan fingerprint density at radius 3 is 2.57 bits per heavy atom. The van der Waals surface area contributed by atoms with Crippen LogP contribution in [0, 0.1) is 0 Å². The largest absolute Gasteiger partial charge is 0.383 e. The van der Waals surface area contributed by atoms with E-state index in [4.69, 9.17) is 16.3 Å². The van der Waals surface area contributed by atoms with Crippen LogP contribution in [0.2, 0.25) is 5.02 Å². The summed E-state index contributed by atoms with van der Waals surface area (Å²) in [5.74, 6) is 0.684. The van der Waals surface area contributed by atoms with Crippen molar-refractivity contribution in [2.75, 3.05) is 51.3 Å². The first kappa shape index (κ1) is 16.1. The van der Waals surface area contributed by atoms with Crippen LogP contribution in [0.4, 0.5) is 5.95 Å². The average molecular weight is 334 g/mol. The molecule has 1 aromatic heterocycles. The van der Waals surface area contributed by atoms with Gasteiger partial charge in [0.05, 0.1) is 18.5 Å². The maximum atomic E-state index is 5.93. The second kappa shape index (κ2) is 7.68. The monoisotopic (exact) mass is 333 g/mol. The third-order valence-electron chi connectivity index (χ3n) is 3.95. The van der Waals surface area contributed by atoms with E-state index < -0.39 is 0 Å². The molecule has 23 heavy (non-hydrogen) atoms. The van der Waals surface area contributed by atoms with Gasteiger partial charge in [0.15, 0.2) is 0 Å². The predicted octanol–water partition coefficient (Wildman–Crippen LogP) is 1.96. The van der Waals surface area contributed by atoms with Gasteiger partial charge >= 0.3 is 0 Å². The SMILES string of the molecule is COCCN1CCN(c2nncc(-c3ccc(Cl)cc3)n2)CC1. The number of ether oxygens (including phenoxy) is 1. The van der Waals surface area contributed by atoms with Crippen molar-refractivity contribution in [2.24, 2.45) is 0 Å². The Morgan fingerprint density at radius 1 is 1.13 bits per heavy atom. The van der Waals surface area contributed by atoms with E-state index in [1.165, 1.54) is 0 Å². The van der Waals surface area contributed by atoms with E-state index in [1.807, 2.05) is 24.3 Å². The van der Waals surface area contributed by atoms with Gasteiger partial charge in [-0.2, -0.15) is 5.10 Å². The fraction of sp³-hybridized carbons (Fsp3) is 0.438. The predicted molar refractivity (Wildman–Crippen MR) is 90.8 cm³/mol. The second-order valence-corrected chi connectivity index (χ2v) is 5.91. The number of nitrogens with zero attached hydrogens (tertiary/aromatic N) is 5. The minimum Gasteiger partial charge on any atom is -0.383 e. The van der Waals surface area contributed by atoms with E-state index in [0.717, 1.165) is 50.6 Å². The second-order valence-electron chi connectivity index (χ2n) is 5.47. The van der Waals surface area contributed by atoms with Gasteiger partial charge < -0.3 is 9.64 Å². The first-order chi connectivity index (χ1) is 11.3. The van der Waals surface area contributed by atoms with Gasteiger partial charge in [-0.1, -0.05) is 23.7 Å². The smallest absolute Gasteiger partial charge is 0.245 e. The van der Waals surface area contributed by atoms with Crippen molar-refractivity contribution in [1.82, 2.24) is 20.1 Å². The summed E-state index contributed by atoms with van der Waals surface area (Å²) >= 11 is 5.93. The van der Waals surface area contributed by atoms with Crippen molar-refractivity contribution in [1.29, 1.82) is 0 Å². The molecule has 0 bridgehead atoms. The van der Waals surface area contributed by atoms with Crippen LogP contribution < -0.4 is 4.90 Å². The van der Waals surface area contributed by atoms with E-state index >= 15 is 0 Å². The van der Waals surface area contributed by atoms with Crippen molar-refractivity contribution in [3.05, 3.63) is 35.5 Å². The van der Waals surface area contributed by atoms with Gasteiger partial charge in [0, 0.05) is 50.4 Å². The summed E-state index contributed by atoms with van der Waals surface area (Å²) in [6, 6.07) is 7.60. The van der Waals surface area contributed by atoms with Crippen molar-refractivity contribution >= 4 is 17.5 Å². The Bertz CT molecular complexity index is 629. The molecule has 2 aromatic rings. The summed E-state index contributed by atoms with van der Waals surface area (Å²) in [5.41, 5.74) is 1.80. The molecule has 6 nitrogen and oxygen atoms in total. The highest BCUT2D eigenvalue weighted by Gasteiger charge is 2.19. The summed E-state index contributed by atoms with van der Waals surface area (Å²) in [4.78, 5) is 9.21. The van der Waals surface area contributed by atoms with Crippen molar-refractivity contribution in [2.45, 2.75) is 0 Å². The molecule has 0 spiro atoms. The number of halogens is 1. The van der Waals surface area contributed by atoms with Gasteiger partial charge in [-0.05, 0) is 12.1 Å². The number of anilines is 1. The van der Waals surface area contributed by atoms with E-state index in [-0.39, 0.29) is 0 Å². The quantitative estimate of drug-likeness (QED) is 0.833. The maximum absolute atomic E-state index is 5.93. The molecule has 0 radical (unpaired) electrons. The molecule has 0 atom stereocenters. The molecular weight excluding hydrogens is 314 g/mol. The highest BCUT2D eigenvalue weighted by atomic mass is 35.5. The van der Waals surface area contributed by atoms with Crippen LogP contribution >= 0.6 is 11.6 Å². The molecular formula is C16H20ClN5O. The molecule has 1 aliphatic rings. The topological polar surface area (TPSA) is 54.4 Å².